The van der Waals surface area contributed by atoms with Crippen LogP contribution in [0, 0.1) is 5.82 Å². The Balaban J connectivity index is 1.64. The second-order valence-electron chi connectivity index (χ2n) is 10.1. The van der Waals surface area contributed by atoms with E-state index in [2.05, 4.69) is 25.9 Å². The highest BCUT2D eigenvalue weighted by Gasteiger charge is 2.33. The summed E-state index contributed by atoms with van der Waals surface area (Å²) in [5.41, 5.74) is 0.672. The molecule has 12 nitrogen and oxygen atoms in total. The molecule has 1 aliphatic heterocycles. The molecule has 42 heavy (non-hydrogen) atoms. The summed E-state index contributed by atoms with van der Waals surface area (Å²) in [4.78, 5) is 33.1. The number of ether oxygens (including phenoxy) is 2. The first-order valence-electron chi connectivity index (χ1n) is 12.8. The molecule has 1 amide bonds. The number of rotatable bonds is 10. The summed E-state index contributed by atoms with van der Waals surface area (Å²) in [5.74, 6) is -1.26. The van der Waals surface area contributed by atoms with Gasteiger partial charge in [-0.2, -0.15) is 0 Å². The van der Waals surface area contributed by atoms with Gasteiger partial charge in [-0.1, -0.05) is 12.1 Å². The molecule has 1 aromatic heterocycles. The number of carbonyl (C=O) groups excluding carboxylic acids is 2. The summed E-state index contributed by atoms with van der Waals surface area (Å²) >= 11 is 0.930. The van der Waals surface area contributed by atoms with Gasteiger partial charge in [0.05, 0.1) is 42.8 Å². The minimum atomic E-state index is -4.45. The number of aliphatic imine (C=N–C) groups is 1. The molecule has 0 saturated heterocycles. The Morgan fingerprint density at radius 2 is 1.90 bits per heavy atom. The fourth-order valence-corrected chi connectivity index (χ4v) is 6.29. The molecule has 2 heterocycles. The summed E-state index contributed by atoms with van der Waals surface area (Å²) in [5, 5.41) is 8.17. The number of aromatic nitrogens is 1. The molecule has 224 valence electrons. The van der Waals surface area contributed by atoms with Gasteiger partial charge >= 0.3 is 5.97 Å². The first-order chi connectivity index (χ1) is 19.9. The molecule has 1 aliphatic rings. The molecule has 15 heteroatoms. The number of thiazole rings is 1. The van der Waals surface area contributed by atoms with Gasteiger partial charge in [0.25, 0.3) is 10.0 Å². The largest absolute Gasteiger partial charge is 0.497 e. The van der Waals surface area contributed by atoms with Crippen molar-refractivity contribution in [3.05, 3.63) is 65.0 Å². The standard InChI is InChI=1S/C27H31FN6O6S2/c1-27(2,3)40-25(36)23-24(41-16-32-23)34(15-17-5-7-18(39-4)8-6-17)42(37,38)19-9-10-21(20(28)13-19)33-22(35)14-31-26-29-11-12-30-26/h5-10,13,16H,11-12,14-15H2,1-4H3,(H,33,35)(H2,29,30,31). The fourth-order valence-electron chi connectivity index (χ4n) is 3.81. The van der Waals surface area contributed by atoms with Gasteiger partial charge in [-0.3, -0.25) is 14.1 Å². The van der Waals surface area contributed by atoms with E-state index in [9.17, 15) is 18.0 Å². The summed E-state index contributed by atoms with van der Waals surface area (Å²) < 4.78 is 54.8. The minimum absolute atomic E-state index is 0.00682. The molecule has 2 aromatic carbocycles. The van der Waals surface area contributed by atoms with Crippen molar-refractivity contribution < 1.29 is 31.9 Å². The number of esters is 1. The Bertz CT molecular complexity index is 1590. The van der Waals surface area contributed by atoms with Gasteiger partial charge in [-0.15, -0.1) is 11.3 Å². The lowest BCUT2D eigenvalue weighted by Crippen LogP contribution is -2.39. The van der Waals surface area contributed by atoms with Gasteiger partial charge in [-0.05, 0) is 56.7 Å². The number of hydrogen-bond donors (Lipinski definition) is 3. The SMILES string of the molecule is COc1ccc(CN(c2scnc2C(=O)OC(C)(C)C)S(=O)(=O)c2ccc(NC(=O)CNC3=NCCN3)c(F)c2)cc1. The number of nitrogens with zero attached hydrogens (tertiary/aromatic N) is 3. The molecule has 3 N–H and O–H groups in total. The molecule has 0 unspecified atom stereocenters. The van der Waals surface area contributed by atoms with Crippen LogP contribution in [0.2, 0.25) is 0 Å². The van der Waals surface area contributed by atoms with E-state index in [1.165, 1.54) is 24.8 Å². The number of anilines is 2. The van der Waals surface area contributed by atoms with Crippen molar-refractivity contribution in [1.82, 2.24) is 15.6 Å². The summed E-state index contributed by atoms with van der Waals surface area (Å²) in [7, 11) is -2.94. The van der Waals surface area contributed by atoms with Crippen LogP contribution in [0.3, 0.4) is 0 Å². The average molecular weight is 619 g/mol. The fraction of sp³-hybridized carbons (Fsp3) is 0.333. The molecule has 0 aliphatic carbocycles. The zero-order chi connectivity index (χ0) is 30.5. The van der Waals surface area contributed by atoms with Crippen LogP contribution in [0.5, 0.6) is 5.75 Å². The van der Waals surface area contributed by atoms with Crippen molar-refractivity contribution in [3.8, 4) is 5.75 Å². The lowest BCUT2D eigenvalue weighted by Gasteiger charge is -2.25. The van der Waals surface area contributed by atoms with Crippen LogP contribution in [-0.4, -0.2) is 63.6 Å². The first-order valence-corrected chi connectivity index (χ1v) is 15.1. The maximum Gasteiger partial charge on any atom is 0.360 e. The van der Waals surface area contributed by atoms with Crippen LogP contribution in [0.25, 0.3) is 0 Å². The van der Waals surface area contributed by atoms with Crippen LogP contribution in [-0.2, 0) is 26.1 Å². The van der Waals surface area contributed by atoms with Gasteiger partial charge in [-0.25, -0.2) is 22.6 Å². The Morgan fingerprint density at radius 3 is 2.52 bits per heavy atom. The third-order valence-corrected chi connectivity index (χ3v) is 8.45. The number of carbonyl (C=O) groups is 2. The van der Waals surface area contributed by atoms with E-state index in [4.69, 9.17) is 9.47 Å². The molecule has 4 rings (SSSR count). The van der Waals surface area contributed by atoms with Crippen molar-refractivity contribution in [2.45, 2.75) is 37.8 Å². The van der Waals surface area contributed by atoms with E-state index in [0.717, 1.165) is 21.7 Å². The summed E-state index contributed by atoms with van der Waals surface area (Å²) in [6, 6.07) is 9.85. The van der Waals surface area contributed by atoms with Gasteiger partial charge in [0.1, 0.15) is 22.2 Å². The zero-order valence-electron chi connectivity index (χ0n) is 23.4. The molecule has 0 atom stereocenters. The highest BCUT2D eigenvalue weighted by molar-refractivity contribution is 7.93. The normalized spacial score (nSPS) is 13.1. The average Bonchev–Trinajstić information content (AvgIpc) is 3.63. The predicted octanol–water partition coefficient (Wildman–Crippen LogP) is 3.13. The molecule has 0 radical (unpaired) electrons. The van der Waals surface area contributed by atoms with E-state index in [1.54, 1.807) is 45.0 Å². The minimum Gasteiger partial charge on any atom is -0.497 e. The van der Waals surface area contributed by atoms with Crippen molar-refractivity contribution in [2.75, 3.05) is 36.4 Å². The number of halogens is 1. The van der Waals surface area contributed by atoms with E-state index < -0.39 is 38.2 Å². The van der Waals surface area contributed by atoms with Gasteiger partial charge in [0.2, 0.25) is 5.91 Å². The number of guanidine groups is 1. The Kier molecular flexibility index (Phi) is 9.31. The molecular weight excluding hydrogens is 587 g/mol. The van der Waals surface area contributed by atoms with Crippen LogP contribution < -0.4 is 25.0 Å². The van der Waals surface area contributed by atoms with Crippen molar-refractivity contribution >= 4 is 49.9 Å². The van der Waals surface area contributed by atoms with E-state index in [-0.39, 0.29) is 29.5 Å². The molecule has 0 saturated carbocycles. The third kappa shape index (κ3) is 7.53. The number of nitrogens with one attached hydrogen (secondary N) is 3. The highest BCUT2D eigenvalue weighted by atomic mass is 32.2. The Labute approximate surface area is 247 Å². The molecule has 3 aromatic rings. The van der Waals surface area contributed by atoms with Crippen molar-refractivity contribution in [1.29, 1.82) is 0 Å². The molecule has 0 fully saturated rings. The maximum absolute atomic E-state index is 15.1. The topological polar surface area (TPSA) is 151 Å². The van der Waals surface area contributed by atoms with Gasteiger partial charge in [0, 0.05) is 6.54 Å². The van der Waals surface area contributed by atoms with Crippen LogP contribution in [0.1, 0.15) is 36.8 Å². The molecular formula is C27H31FN6O6S2. The van der Waals surface area contributed by atoms with Gasteiger partial charge < -0.3 is 25.4 Å². The van der Waals surface area contributed by atoms with E-state index >= 15 is 4.39 Å². The number of amides is 1. The lowest BCUT2D eigenvalue weighted by molar-refractivity contribution is -0.115. The van der Waals surface area contributed by atoms with Crippen molar-refractivity contribution in [3.63, 3.8) is 0 Å². The lowest BCUT2D eigenvalue weighted by atomic mass is 10.2. The third-order valence-electron chi connectivity index (χ3n) is 5.75. The Morgan fingerprint density at radius 1 is 1.17 bits per heavy atom. The van der Waals surface area contributed by atoms with E-state index in [1.807, 2.05) is 0 Å². The number of benzene rings is 2. The van der Waals surface area contributed by atoms with E-state index in [0.29, 0.717) is 30.4 Å². The maximum atomic E-state index is 15.1. The number of hydrogen-bond acceptors (Lipinski definition) is 11. The number of methoxy groups -OCH3 is 1. The summed E-state index contributed by atoms with van der Waals surface area (Å²) in [6.45, 7) is 5.93. The predicted molar refractivity (Wildman–Crippen MR) is 157 cm³/mol. The zero-order valence-corrected chi connectivity index (χ0v) is 25.1. The summed E-state index contributed by atoms with van der Waals surface area (Å²) in [6.07, 6.45) is 0. The van der Waals surface area contributed by atoms with Crippen LogP contribution >= 0.6 is 11.3 Å². The first kappa shape index (κ1) is 30.7. The second-order valence-corrected chi connectivity index (χ2v) is 12.8. The highest BCUT2D eigenvalue weighted by Crippen LogP contribution is 2.34. The molecule has 0 spiro atoms. The quantitative estimate of drug-likeness (QED) is 0.291. The van der Waals surface area contributed by atoms with Gasteiger partial charge in [0.15, 0.2) is 11.7 Å². The number of sulfonamides is 1. The smallest absolute Gasteiger partial charge is 0.360 e. The van der Waals surface area contributed by atoms with Crippen molar-refractivity contribution in [2.24, 2.45) is 4.99 Å². The van der Waals surface area contributed by atoms with Crippen LogP contribution in [0.4, 0.5) is 15.1 Å². The Hall–Kier alpha value is -4.24. The molecule has 0 bridgehead atoms. The second kappa shape index (κ2) is 12.7. The van der Waals surface area contributed by atoms with Crippen LogP contribution in [0.15, 0.2) is 57.9 Å². The monoisotopic (exact) mass is 618 g/mol.